The molecule has 2 heterocycles. The van der Waals surface area contributed by atoms with Gasteiger partial charge in [-0.1, -0.05) is 26.0 Å². The number of likely N-dealkylation sites (tertiary alicyclic amines) is 1. The highest BCUT2D eigenvalue weighted by atomic mass is 32.1. The van der Waals surface area contributed by atoms with Gasteiger partial charge in [-0.05, 0) is 46.0 Å². The molecule has 2 atom stereocenters. The first-order valence-electron chi connectivity index (χ1n) is 10.2. The molecule has 29 heavy (non-hydrogen) atoms. The monoisotopic (exact) mass is 418 g/mol. The zero-order valence-electron chi connectivity index (χ0n) is 17.5. The zero-order chi connectivity index (χ0) is 20.8. The van der Waals surface area contributed by atoms with Crippen LogP contribution in [0.4, 0.5) is 4.39 Å². The standard InChI is InChI=1S/C23H31FN2O2S/c1-17(2)23(27)26(8-9-28-3)14-20-13-25(12-18-7-10-29-16-18)15-22(20)19-5-4-6-21(24)11-19/h4-7,10-11,16-17,20,22H,8-9,12-15H2,1-3H3. The van der Waals surface area contributed by atoms with Crippen LogP contribution in [0.5, 0.6) is 0 Å². The molecule has 0 aliphatic carbocycles. The Morgan fingerprint density at radius 1 is 1.34 bits per heavy atom. The van der Waals surface area contributed by atoms with E-state index in [-0.39, 0.29) is 29.5 Å². The van der Waals surface area contributed by atoms with Crippen LogP contribution in [0.3, 0.4) is 0 Å². The summed E-state index contributed by atoms with van der Waals surface area (Å²) in [7, 11) is 1.66. The predicted molar refractivity (Wildman–Crippen MR) is 116 cm³/mol. The molecule has 2 unspecified atom stereocenters. The molecule has 1 aromatic carbocycles. The van der Waals surface area contributed by atoms with E-state index < -0.39 is 0 Å². The van der Waals surface area contributed by atoms with Crippen LogP contribution in [0, 0.1) is 17.7 Å². The maximum atomic E-state index is 13.9. The lowest BCUT2D eigenvalue weighted by Gasteiger charge is -2.29. The Balaban J connectivity index is 1.79. The molecule has 158 valence electrons. The third kappa shape index (κ3) is 5.87. The lowest BCUT2D eigenvalue weighted by atomic mass is 9.88. The first-order valence-corrected chi connectivity index (χ1v) is 11.2. The summed E-state index contributed by atoms with van der Waals surface area (Å²) >= 11 is 1.71. The van der Waals surface area contributed by atoms with Gasteiger partial charge in [-0.2, -0.15) is 11.3 Å². The van der Waals surface area contributed by atoms with Crippen LogP contribution >= 0.6 is 11.3 Å². The Morgan fingerprint density at radius 2 is 2.17 bits per heavy atom. The second-order valence-corrected chi connectivity index (χ2v) is 8.96. The minimum Gasteiger partial charge on any atom is -0.383 e. The maximum absolute atomic E-state index is 13.9. The van der Waals surface area contributed by atoms with Crippen molar-refractivity contribution < 1.29 is 13.9 Å². The third-order valence-electron chi connectivity index (χ3n) is 5.61. The first kappa shape index (κ1) is 21.9. The third-order valence-corrected chi connectivity index (χ3v) is 6.34. The predicted octanol–water partition coefficient (Wildman–Crippen LogP) is 4.23. The van der Waals surface area contributed by atoms with Gasteiger partial charge < -0.3 is 9.64 Å². The summed E-state index contributed by atoms with van der Waals surface area (Å²) in [5.41, 5.74) is 2.33. The van der Waals surface area contributed by atoms with Crippen molar-refractivity contribution in [1.29, 1.82) is 0 Å². The molecule has 0 N–H and O–H groups in total. The van der Waals surface area contributed by atoms with Gasteiger partial charge in [-0.3, -0.25) is 9.69 Å². The Morgan fingerprint density at radius 3 is 2.83 bits per heavy atom. The fourth-order valence-corrected chi connectivity index (χ4v) is 4.83. The van der Waals surface area contributed by atoms with Crippen molar-refractivity contribution in [1.82, 2.24) is 9.80 Å². The Hall–Kier alpha value is -1.76. The van der Waals surface area contributed by atoms with Crippen LogP contribution in [0.15, 0.2) is 41.1 Å². The lowest BCUT2D eigenvalue weighted by molar-refractivity contribution is -0.135. The second kappa shape index (κ2) is 10.3. The van der Waals surface area contributed by atoms with E-state index in [9.17, 15) is 9.18 Å². The molecule has 1 aliphatic heterocycles. The van der Waals surface area contributed by atoms with Gasteiger partial charge in [0.05, 0.1) is 6.61 Å². The van der Waals surface area contributed by atoms with Gasteiger partial charge in [-0.25, -0.2) is 4.39 Å². The molecule has 0 spiro atoms. The van der Waals surface area contributed by atoms with Crippen molar-refractivity contribution in [2.75, 3.05) is 39.9 Å². The number of halogens is 1. The number of rotatable bonds is 9. The lowest BCUT2D eigenvalue weighted by Crippen LogP contribution is -2.41. The number of nitrogens with zero attached hydrogens (tertiary/aromatic N) is 2. The first-order chi connectivity index (χ1) is 14.0. The molecule has 0 bridgehead atoms. The molecule has 0 saturated carbocycles. The maximum Gasteiger partial charge on any atom is 0.225 e. The van der Waals surface area contributed by atoms with Crippen molar-refractivity contribution in [3.05, 3.63) is 58.0 Å². The second-order valence-electron chi connectivity index (χ2n) is 8.18. The summed E-state index contributed by atoms with van der Waals surface area (Å²) in [5, 5.41) is 4.28. The fraction of sp³-hybridized carbons (Fsp3) is 0.522. The van der Waals surface area contributed by atoms with Crippen LogP contribution in [0.25, 0.3) is 0 Å². The number of carbonyl (C=O) groups is 1. The molecule has 3 rings (SSSR count). The van der Waals surface area contributed by atoms with Crippen LogP contribution in [-0.2, 0) is 16.1 Å². The summed E-state index contributed by atoms with van der Waals surface area (Å²) in [4.78, 5) is 17.1. The number of thiophene rings is 1. The topological polar surface area (TPSA) is 32.8 Å². The number of hydrogen-bond donors (Lipinski definition) is 0. The van der Waals surface area contributed by atoms with Gasteiger partial charge in [-0.15, -0.1) is 0 Å². The SMILES string of the molecule is COCCN(CC1CN(Cc2ccsc2)CC1c1cccc(F)c1)C(=O)C(C)C. The average molecular weight is 419 g/mol. The number of benzene rings is 1. The number of carbonyl (C=O) groups excluding carboxylic acids is 1. The van der Waals surface area contributed by atoms with E-state index in [2.05, 4.69) is 21.7 Å². The summed E-state index contributed by atoms with van der Waals surface area (Å²) in [6, 6.07) is 9.09. The highest BCUT2D eigenvalue weighted by Crippen LogP contribution is 2.34. The molecule has 1 amide bonds. The minimum atomic E-state index is -0.202. The van der Waals surface area contributed by atoms with Crippen LogP contribution in [0.1, 0.15) is 30.9 Å². The molecule has 6 heteroatoms. The molecule has 1 saturated heterocycles. The molecule has 1 fully saturated rings. The molecule has 1 aliphatic rings. The Kier molecular flexibility index (Phi) is 7.81. The van der Waals surface area contributed by atoms with Gasteiger partial charge in [0.2, 0.25) is 5.91 Å². The van der Waals surface area contributed by atoms with Gasteiger partial charge in [0, 0.05) is 51.7 Å². The van der Waals surface area contributed by atoms with Gasteiger partial charge >= 0.3 is 0 Å². The molecule has 0 radical (unpaired) electrons. The highest BCUT2D eigenvalue weighted by molar-refractivity contribution is 7.07. The van der Waals surface area contributed by atoms with E-state index in [0.717, 1.165) is 25.2 Å². The van der Waals surface area contributed by atoms with Crippen LogP contribution < -0.4 is 0 Å². The van der Waals surface area contributed by atoms with Crippen LogP contribution in [0.2, 0.25) is 0 Å². The number of ether oxygens (including phenoxy) is 1. The summed E-state index contributed by atoms with van der Waals surface area (Å²) in [5.74, 6) is 0.357. The van der Waals surface area contributed by atoms with Crippen molar-refractivity contribution in [2.45, 2.75) is 26.3 Å². The number of amides is 1. The molecular weight excluding hydrogens is 387 g/mol. The molecule has 1 aromatic heterocycles. The highest BCUT2D eigenvalue weighted by Gasteiger charge is 2.36. The molecular formula is C23H31FN2O2S. The number of hydrogen-bond acceptors (Lipinski definition) is 4. The largest absolute Gasteiger partial charge is 0.383 e. The Bertz CT molecular complexity index is 781. The van der Waals surface area contributed by atoms with Crippen molar-refractivity contribution in [3.8, 4) is 0 Å². The van der Waals surface area contributed by atoms with E-state index in [1.165, 1.54) is 11.6 Å². The van der Waals surface area contributed by atoms with Gasteiger partial charge in [0.15, 0.2) is 0 Å². The fourth-order valence-electron chi connectivity index (χ4n) is 4.17. The quantitative estimate of drug-likeness (QED) is 0.611. The number of methoxy groups -OCH3 is 1. The van der Waals surface area contributed by atoms with Crippen molar-refractivity contribution in [2.24, 2.45) is 11.8 Å². The summed E-state index contributed by atoms with van der Waals surface area (Å²) < 4.78 is 19.2. The van der Waals surface area contributed by atoms with E-state index in [1.807, 2.05) is 24.8 Å². The normalized spacial score (nSPS) is 19.8. The molecule has 4 nitrogen and oxygen atoms in total. The van der Waals surface area contributed by atoms with Crippen molar-refractivity contribution >= 4 is 17.2 Å². The van der Waals surface area contributed by atoms with Gasteiger partial charge in [0.1, 0.15) is 5.82 Å². The summed E-state index contributed by atoms with van der Waals surface area (Å²) in [6.07, 6.45) is 0. The van der Waals surface area contributed by atoms with E-state index in [0.29, 0.717) is 19.7 Å². The smallest absolute Gasteiger partial charge is 0.225 e. The summed E-state index contributed by atoms with van der Waals surface area (Å²) in [6.45, 7) is 8.31. The minimum absolute atomic E-state index is 0.0530. The van der Waals surface area contributed by atoms with E-state index in [4.69, 9.17) is 4.74 Å². The average Bonchev–Trinajstić information content (AvgIpc) is 3.34. The molecule has 2 aromatic rings. The van der Waals surface area contributed by atoms with E-state index in [1.54, 1.807) is 30.6 Å². The zero-order valence-corrected chi connectivity index (χ0v) is 18.3. The van der Waals surface area contributed by atoms with Gasteiger partial charge in [0.25, 0.3) is 0 Å². The Labute approximate surface area is 177 Å². The van der Waals surface area contributed by atoms with E-state index >= 15 is 0 Å². The van der Waals surface area contributed by atoms with Crippen LogP contribution in [-0.4, -0.2) is 55.6 Å². The van der Waals surface area contributed by atoms with Crippen molar-refractivity contribution in [3.63, 3.8) is 0 Å².